The van der Waals surface area contributed by atoms with E-state index in [1.807, 2.05) is 0 Å². The van der Waals surface area contributed by atoms with Crippen molar-refractivity contribution in [3.63, 3.8) is 0 Å². The molecule has 0 saturated carbocycles. The Kier molecular flexibility index (Phi) is 3.49. The van der Waals surface area contributed by atoms with Crippen LogP contribution >= 0.6 is 0 Å². The van der Waals surface area contributed by atoms with E-state index in [1.165, 1.54) is 0 Å². The molecule has 0 radical (unpaired) electrons. The second kappa shape index (κ2) is 4.87. The van der Waals surface area contributed by atoms with E-state index in [0.717, 1.165) is 43.7 Å². The monoisotopic (exact) mass is 224 g/mol. The summed E-state index contributed by atoms with van der Waals surface area (Å²) in [6.07, 6.45) is 3.00. The number of rotatable bonds is 3. The molecule has 90 valence electrons. The number of hydrogen-bond donors (Lipinski definition) is 1. The van der Waals surface area contributed by atoms with Crippen molar-refractivity contribution >= 4 is 5.88 Å². The number of nitrogens with zero attached hydrogens (tertiary/aromatic N) is 1. The second-order valence-corrected chi connectivity index (χ2v) is 4.90. The first kappa shape index (κ1) is 11.5. The van der Waals surface area contributed by atoms with E-state index in [0.29, 0.717) is 17.7 Å². The van der Waals surface area contributed by atoms with Gasteiger partial charge in [-0.3, -0.25) is 0 Å². The number of ether oxygens (including phenoxy) is 1. The molecule has 1 aliphatic heterocycles. The van der Waals surface area contributed by atoms with Crippen LogP contribution in [0.1, 0.15) is 43.9 Å². The SMILES string of the molecule is CC(C)Cc1c(C2CCOCC2)noc1N. The smallest absolute Gasteiger partial charge is 0.225 e. The van der Waals surface area contributed by atoms with Crippen molar-refractivity contribution < 1.29 is 9.26 Å². The number of aromatic nitrogens is 1. The standard InChI is InChI=1S/C12H20N2O2/c1-8(2)7-10-11(14-16-12(10)13)9-3-5-15-6-4-9/h8-9H,3-7,13H2,1-2H3. The lowest BCUT2D eigenvalue weighted by atomic mass is 9.91. The lowest BCUT2D eigenvalue weighted by Crippen LogP contribution is -2.16. The Labute approximate surface area is 96.1 Å². The van der Waals surface area contributed by atoms with Gasteiger partial charge in [0.15, 0.2) is 0 Å². The first-order valence-electron chi connectivity index (χ1n) is 6.00. The van der Waals surface area contributed by atoms with Crippen molar-refractivity contribution in [3.05, 3.63) is 11.3 Å². The van der Waals surface area contributed by atoms with Gasteiger partial charge in [0.25, 0.3) is 0 Å². The van der Waals surface area contributed by atoms with Crippen LogP contribution in [-0.2, 0) is 11.2 Å². The normalized spacial score (nSPS) is 18.2. The van der Waals surface area contributed by atoms with Gasteiger partial charge in [-0.25, -0.2) is 0 Å². The minimum atomic E-state index is 0.462. The first-order valence-corrected chi connectivity index (χ1v) is 6.00. The van der Waals surface area contributed by atoms with Gasteiger partial charge in [0.2, 0.25) is 5.88 Å². The first-order chi connectivity index (χ1) is 7.68. The molecule has 0 bridgehead atoms. The largest absolute Gasteiger partial charge is 0.381 e. The van der Waals surface area contributed by atoms with Crippen LogP contribution in [0.5, 0.6) is 0 Å². The van der Waals surface area contributed by atoms with Crippen LogP contribution in [-0.4, -0.2) is 18.4 Å². The minimum Gasteiger partial charge on any atom is -0.381 e. The van der Waals surface area contributed by atoms with Crippen LogP contribution in [0.2, 0.25) is 0 Å². The number of nitrogens with two attached hydrogens (primary N) is 1. The Morgan fingerprint density at radius 2 is 2.06 bits per heavy atom. The molecule has 1 saturated heterocycles. The molecule has 0 aliphatic carbocycles. The molecule has 4 heteroatoms. The molecular weight excluding hydrogens is 204 g/mol. The molecule has 0 aromatic carbocycles. The van der Waals surface area contributed by atoms with Crippen LogP contribution < -0.4 is 5.73 Å². The van der Waals surface area contributed by atoms with Crippen LogP contribution in [0, 0.1) is 5.92 Å². The van der Waals surface area contributed by atoms with Gasteiger partial charge in [-0.05, 0) is 25.2 Å². The van der Waals surface area contributed by atoms with E-state index >= 15 is 0 Å². The van der Waals surface area contributed by atoms with Crippen molar-refractivity contribution in [1.29, 1.82) is 0 Å². The van der Waals surface area contributed by atoms with Crippen molar-refractivity contribution in [2.24, 2.45) is 5.92 Å². The minimum absolute atomic E-state index is 0.462. The Hall–Kier alpha value is -1.03. The summed E-state index contributed by atoms with van der Waals surface area (Å²) in [5, 5.41) is 4.14. The van der Waals surface area contributed by atoms with Crippen molar-refractivity contribution in [3.8, 4) is 0 Å². The van der Waals surface area contributed by atoms with E-state index < -0.39 is 0 Å². The summed E-state index contributed by atoms with van der Waals surface area (Å²) in [5.74, 6) is 1.53. The highest BCUT2D eigenvalue weighted by atomic mass is 16.5. The van der Waals surface area contributed by atoms with Gasteiger partial charge < -0.3 is 15.0 Å². The van der Waals surface area contributed by atoms with Crippen LogP contribution in [0.15, 0.2) is 4.52 Å². The molecular formula is C12H20N2O2. The molecule has 1 aromatic heterocycles. The lowest BCUT2D eigenvalue weighted by molar-refractivity contribution is 0.0836. The maximum absolute atomic E-state index is 5.84. The van der Waals surface area contributed by atoms with E-state index in [9.17, 15) is 0 Å². The predicted octanol–water partition coefficient (Wildman–Crippen LogP) is 2.35. The van der Waals surface area contributed by atoms with Crippen molar-refractivity contribution in [1.82, 2.24) is 5.16 Å². The van der Waals surface area contributed by atoms with E-state index in [2.05, 4.69) is 19.0 Å². The molecule has 0 spiro atoms. The van der Waals surface area contributed by atoms with Gasteiger partial charge in [0.1, 0.15) is 0 Å². The van der Waals surface area contributed by atoms with Crippen molar-refractivity contribution in [2.45, 2.75) is 39.0 Å². The van der Waals surface area contributed by atoms with E-state index in [4.69, 9.17) is 15.0 Å². The number of hydrogen-bond acceptors (Lipinski definition) is 4. The molecule has 2 rings (SSSR count). The van der Waals surface area contributed by atoms with Gasteiger partial charge in [-0.15, -0.1) is 0 Å². The quantitative estimate of drug-likeness (QED) is 0.856. The van der Waals surface area contributed by atoms with Gasteiger partial charge in [-0.2, -0.15) is 0 Å². The average Bonchev–Trinajstić information content (AvgIpc) is 2.61. The predicted molar refractivity (Wildman–Crippen MR) is 62.3 cm³/mol. The molecule has 0 atom stereocenters. The zero-order valence-corrected chi connectivity index (χ0v) is 10.0. The van der Waals surface area contributed by atoms with Crippen LogP contribution in [0.25, 0.3) is 0 Å². The molecule has 0 unspecified atom stereocenters. The molecule has 1 aliphatic rings. The third-order valence-corrected chi connectivity index (χ3v) is 3.07. The Bertz CT molecular complexity index is 341. The summed E-state index contributed by atoms with van der Waals surface area (Å²) in [6, 6.07) is 0. The summed E-state index contributed by atoms with van der Waals surface area (Å²) >= 11 is 0. The third kappa shape index (κ3) is 2.38. The maximum Gasteiger partial charge on any atom is 0.225 e. The maximum atomic E-state index is 5.84. The van der Waals surface area contributed by atoms with Gasteiger partial charge >= 0.3 is 0 Å². The fraction of sp³-hybridized carbons (Fsp3) is 0.750. The molecule has 0 amide bonds. The van der Waals surface area contributed by atoms with E-state index in [1.54, 1.807) is 0 Å². The summed E-state index contributed by atoms with van der Waals surface area (Å²) < 4.78 is 10.5. The summed E-state index contributed by atoms with van der Waals surface area (Å²) in [6.45, 7) is 6.00. The zero-order valence-electron chi connectivity index (χ0n) is 10.0. The summed E-state index contributed by atoms with van der Waals surface area (Å²) in [7, 11) is 0. The second-order valence-electron chi connectivity index (χ2n) is 4.90. The fourth-order valence-electron chi connectivity index (χ4n) is 2.24. The molecule has 1 aromatic rings. The molecule has 1 fully saturated rings. The highest BCUT2D eigenvalue weighted by Gasteiger charge is 2.24. The summed E-state index contributed by atoms with van der Waals surface area (Å²) in [5.41, 5.74) is 8.01. The lowest BCUT2D eigenvalue weighted by Gasteiger charge is -2.21. The summed E-state index contributed by atoms with van der Waals surface area (Å²) in [4.78, 5) is 0. The third-order valence-electron chi connectivity index (χ3n) is 3.07. The van der Waals surface area contributed by atoms with Crippen molar-refractivity contribution in [2.75, 3.05) is 18.9 Å². The fourth-order valence-corrected chi connectivity index (χ4v) is 2.24. The molecule has 2 heterocycles. The number of nitrogen functional groups attached to an aromatic ring is 1. The molecule has 2 N–H and O–H groups in total. The zero-order chi connectivity index (χ0) is 11.5. The van der Waals surface area contributed by atoms with Crippen LogP contribution in [0.3, 0.4) is 0 Å². The van der Waals surface area contributed by atoms with Crippen LogP contribution in [0.4, 0.5) is 5.88 Å². The Morgan fingerprint density at radius 3 is 2.69 bits per heavy atom. The Balaban J connectivity index is 2.18. The molecule has 16 heavy (non-hydrogen) atoms. The van der Waals surface area contributed by atoms with Gasteiger partial charge in [-0.1, -0.05) is 19.0 Å². The average molecular weight is 224 g/mol. The molecule has 4 nitrogen and oxygen atoms in total. The topological polar surface area (TPSA) is 61.3 Å². The number of anilines is 1. The van der Waals surface area contributed by atoms with Gasteiger partial charge in [0.05, 0.1) is 5.69 Å². The highest BCUT2D eigenvalue weighted by molar-refractivity contribution is 5.40. The van der Waals surface area contributed by atoms with E-state index in [-0.39, 0.29) is 0 Å². The van der Waals surface area contributed by atoms with Gasteiger partial charge in [0, 0.05) is 24.7 Å². The highest BCUT2D eigenvalue weighted by Crippen LogP contribution is 2.32. The Morgan fingerprint density at radius 1 is 1.38 bits per heavy atom.